The fourth-order valence-electron chi connectivity index (χ4n) is 3.19. The van der Waals surface area contributed by atoms with Crippen LogP contribution in [0.25, 0.3) is 0 Å². The van der Waals surface area contributed by atoms with E-state index in [0.717, 1.165) is 12.3 Å². The lowest BCUT2D eigenvalue weighted by Gasteiger charge is -2.15. The highest BCUT2D eigenvalue weighted by molar-refractivity contribution is 6.08. The highest BCUT2D eigenvalue weighted by Gasteiger charge is 2.23. The molecule has 0 bridgehead atoms. The molecule has 13 nitrogen and oxygen atoms in total. The van der Waals surface area contributed by atoms with Crippen LogP contribution in [0.2, 0.25) is 0 Å². The number of hydrogen-bond donors (Lipinski definition) is 3. The third kappa shape index (κ3) is 4.80. The average Bonchev–Trinajstić information content (AvgIpc) is 3.56. The van der Waals surface area contributed by atoms with Gasteiger partial charge in [-0.15, -0.1) is 0 Å². The summed E-state index contributed by atoms with van der Waals surface area (Å²) >= 11 is 0. The SMILES string of the molecule is CN(C(=O)c1cc(N(C)C(=O)c2cc([N+](=O)[O-])c[nH]2)c[nH]1)c1cc(C(=O)NCCC#N)n(C)c1. The van der Waals surface area contributed by atoms with Crippen LogP contribution in [0.3, 0.4) is 0 Å². The summed E-state index contributed by atoms with van der Waals surface area (Å²) < 4.78 is 1.57. The van der Waals surface area contributed by atoms with Crippen molar-refractivity contribution in [3.63, 3.8) is 0 Å². The number of carbonyl (C=O) groups is 3. The predicted molar refractivity (Wildman–Crippen MR) is 122 cm³/mol. The topological polar surface area (TPSA) is 173 Å². The Morgan fingerprint density at radius 3 is 2.32 bits per heavy atom. The molecule has 176 valence electrons. The maximum atomic E-state index is 13.0. The number of amides is 3. The lowest BCUT2D eigenvalue weighted by atomic mass is 10.3. The molecule has 3 aromatic heterocycles. The zero-order valence-corrected chi connectivity index (χ0v) is 18.7. The molecule has 0 fully saturated rings. The maximum Gasteiger partial charge on any atom is 0.287 e. The first-order valence-electron chi connectivity index (χ1n) is 10.0. The van der Waals surface area contributed by atoms with Crippen molar-refractivity contribution in [1.82, 2.24) is 19.9 Å². The molecule has 13 heteroatoms. The number of aromatic nitrogens is 3. The molecule has 0 radical (unpaired) electrons. The van der Waals surface area contributed by atoms with Crippen molar-refractivity contribution in [3.8, 4) is 6.07 Å². The van der Waals surface area contributed by atoms with Gasteiger partial charge in [0.25, 0.3) is 23.4 Å². The Bertz CT molecular complexity index is 1290. The van der Waals surface area contributed by atoms with Crippen molar-refractivity contribution in [2.75, 3.05) is 30.4 Å². The Hall–Kier alpha value is -4.86. The Morgan fingerprint density at radius 1 is 1.09 bits per heavy atom. The lowest BCUT2D eigenvalue weighted by molar-refractivity contribution is -0.384. The normalized spacial score (nSPS) is 10.4. The molecule has 0 aliphatic carbocycles. The van der Waals surface area contributed by atoms with Crippen molar-refractivity contribution in [2.45, 2.75) is 6.42 Å². The second-order valence-corrected chi connectivity index (χ2v) is 7.39. The molecule has 34 heavy (non-hydrogen) atoms. The first kappa shape index (κ1) is 23.8. The van der Waals surface area contributed by atoms with Crippen LogP contribution in [0.5, 0.6) is 0 Å². The summed E-state index contributed by atoms with van der Waals surface area (Å²) in [6.07, 6.45) is 4.40. The van der Waals surface area contributed by atoms with Crippen molar-refractivity contribution in [2.24, 2.45) is 7.05 Å². The Kier molecular flexibility index (Phi) is 6.81. The van der Waals surface area contributed by atoms with Gasteiger partial charge in [0.1, 0.15) is 17.1 Å². The number of H-pyrrole nitrogens is 2. The van der Waals surface area contributed by atoms with E-state index in [1.54, 1.807) is 30.9 Å². The second-order valence-electron chi connectivity index (χ2n) is 7.39. The predicted octanol–water partition coefficient (Wildman–Crippen LogP) is 1.79. The van der Waals surface area contributed by atoms with E-state index < -0.39 is 16.7 Å². The fourth-order valence-corrected chi connectivity index (χ4v) is 3.19. The van der Waals surface area contributed by atoms with Gasteiger partial charge in [0.2, 0.25) is 0 Å². The molecule has 3 amide bonds. The molecule has 0 atom stereocenters. The quantitative estimate of drug-likeness (QED) is 0.259. The zero-order valence-electron chi connectivity index (χ0n) is 18.7. The highest BCUT2D eigenvalue weighted by Crippen LogP contribution is 2.22. The first-order valence-corrected chi connectivity index (χ1v) is 10.0. The number of carbonyl (C=O) groups excluding carboxylic acids is 3. The van der Waals surface area contributed by atoms with Gasteiger partial charge in [-0.25, -0.2) is 0 Å². The highest BCUT2D eigenvalue weighted by atomic mass is 16.6. The van der Waals surface area contributed by atoms with Gasteiger partial charge in [-0.2, -0.15) is 5.26 Å². The van der Waals surface area contributed by atoms with Gasteiger partial charge in [-0.1, -0.05) is 0 Å². The number of nitro groups is 1. The largest absolute Gasteiger partial charge is 0.355 e. The summed E-state index contributed by atoms with van der Waals surface area (Å²) in [5.74, 6) is -1.30. The van der Waals surface area contributed by atoms with Gasteiger partial charge in [-0.05, 0) is 12.1 Å². The third-order valence-corrected chi connectivity index (χ3v) is 5.14. The molecule has 3 rings (SSSR count). The summed E-state index contributed by atoms with van der Waals surface area (Å²) in [4.78, 5) is 56.1. The number of anilines is 2. The molecule has 0 saturated heterocycles. The molecule has 0 saturated carbocycles. The molecule has 3 aromatic rings. The minimum Gasteiger partial charge on any atom is -0.355 e. The molecule has 0 aliphatic heterocycles. The van der Waals surface area contributed by atoms with E-state index in [4.69, 9.17) is 5.26 Å². The molecular formula is C21H22N8O5. The van der Waals surface area contributed by atoms with Crippen LogP contribution in [0.15, 0.2) is 36.8 Å². The Balaban J connectivity index is 1.72. The fraction of sp³-hybridized carbons (Fsp3) is 0.238. The summed E-state index contributed by atoms with van der Waals surface area (Å²) in [6, 6.07) is 6.11. The smallest absolute Gasteiger partial charge is 0.287 e. The molecular weight excluding hydrogens is 444 g/mol. The summed E-state index contributed by atoms with van der Waals surface area (Å²) in [5, 5.41) is 22.1. The number of aromatic amines is 2. The van der Waals surface area contributed by atoms with Crippen molar-refractivity contribution in [1.29, 1.82) is 5.26 Å². The van der Waals surface area contributed by atoms with Crippen LogP contribution in [0.1, 0.15) is 37.9 Å². The molecule has 0 unspecified atom stereocenters. The standard InChI is InChI=1S/C21H22N8O5/c1-26-12-15(9-18(26)19(30)23-6-4-5-22)28(3)21(32)16-7-13(10-24-16)27(2)20(31)17-8-14(11-25-17)29(33)34/h7-12,24-25H,4,6H2,1-3H3,(H,23,30). The van der Waals surface area contributed by atoms with E-state index in [2.05, 4.69) is 15.3 Å². The van der Waals surface area contributed by atoms with Crippen molar-refractivity contribution in [3.05, 3.63) is 64.0 Å². The van der Waals surface area contributed by atoms with E-state index in [-0.39, 0.29) is 35.9 Å². The van der Waals surface area contributed by atoms with E-state index in [1.165, 1.54) is 29.1 Å². The van der Waals surface area contributed by atoms with Crippen LogP contribution >= 0.6 is 0 Å². The number of aryl methyl sites for hydroxylation is 1. The number of hydrogen-bond acceptors (Lipinski definition) is 6. The van der Waals surface area contributed by atoms with Gasteiger partial charge >= 0.3 is 0 Å². The van der Waals surface area contributed by atoms with Crippen LogP contribution in [0, 0.1) is 21.4 Å². The minimum absolute atomic E-state index is 0.0326. The lowest BCUT2D eigenvalue weighted by Crippen LogP contribution is -2.27. The third-order valence-electron chi connectivity index (χ3n) is 5.14. The maximum absolute atomic E-state index is 13.0. The van der Waals surface area contributed by atoms with Crippen LogP contribution in [-0.4, -0.2) is 57.8 Å². The molecule has 3 heterocycles. The van der Waals surface area contributed by atoms with Crippen LogP contribution in [-0.2, 0) is 7.05 Å². The first-order chi connectivity index (χ1) is 16.1. The van der Waals surface area contributed by atoms with Crippen LogP contribution < -0.4 is 15.1 Å². The van der Waals surface area contributed by atoms with Gasteiger partial charge in [0.15, 0.2) is 0 Å². The number of nitrogens with one attached hydrogen (secondary N) is 3. The molecule has 3 N–H and O–H groups in total. The number of rotatable bonds is 8. The Morgan fingerprint density at radius 2 is 1.71 bits per heavy atom. The van der Waals surface area contributed by atoms with Gasteiger partial charge in [-0.3, -0.25) is 24.5 Å². The molecule has 0 aromatic carbocycles. The summed E-state index contributed by atoms with van der Waals surface area (Å²) in [6.45, 7) is 0.220. The molecule has 0 aliphatic rings. The van der Waals surface area contributed by atoms with E-state index in [1.807, 2.05) is 6.07 Å². The summed E-state index contributed by atoms with van der Waals surface area (Å²) in [7, 11) is 4.69. The van der Waals surface area contributed by atoms with Crippen molar-refractivity contribution >= 4 is 34.8 Å². The van der Waals surface area contributed by atoms with Gasteiger partial charge in [0, 0.05) is 46.1 Å². The monoisotopic (exact) mass is 466 g/mol. The van der Waals surface area contributed by atoms with Gasteiger partial charge < -0.3 is 29.7 Å². The number of nitrogens with zero attached hydrogens (tertiary/aromatic N) is 5. The average molecular weight is 466 g/mol. The Labute approximate surface area is 193 Å². The van der Waals surface area contributed by atoms with E-state index in [0.29, 0.717) is 17.1 Å². The zero-order chi connectivity index (χ0) is 25.0. The second kappa shape index (κ2) is 9.74. The van der Waals surface area contributed by atoms with E-state index in [9.17, 15) is 24.5 Å². The van der Waals surface area contributed by atoms with Gasteiger partial charge in [0.05, 0.1) is 35.0 Å². The minimum atomic E-state index is -0.610. The number of nitriles is 1. The summed E-state index contributed by atoms with van der Waals surface area (Å²) in [5.41, 5.74) is 1.17. The van der Waals surface area contributed by atoms with E-state index >= 15 is 0 Å². The van der Waals surface area contributed by atoms with Crippen LogP contribution in [0.4, 0.5) is 17.1 Å². The van der Waals surface area contributed by atoms with Crippen molar-refractivity contribution < 1.29 is 19.3 Å². The molecule has 0 spiro atoms.